The number of thiazole rings is 1. The predicted octanol–water partition coefficient (Wildman–Crippen LogP) is 2.94. The van der Waals surface area contributed by atoms with Crippen LogP contribution in [0.1, 0.15) is 42.6 Å². The molecule has 6 heteroatoms. The molecule has 0 spiro atoms. The number of imidazole rings is 1. The molecule has 3 rings (SSSR count). The van der Waals surface area contributed by atoms with Crippen LogP contribution in [0.3, 0.4) is 0 Å². The zero-order chi connectivity index (χ0) is 16.2. The molecule has 2 aromatic rings. The summed E-state index contributed by atoms with van der Waals surface area (Å²) in [4.78, 5) is 15.2. The van der Waals surface area contributed by atoms with E-state index in [2.05, 4.69) is 45.1 Å². The molecule has 0 N–H and O–H groups in total. The Balaban J connectivity index is 1.68. The molecule has 0 saturated heterocycles. The maximum atomic E-state index is 4.38. The highest BCUT2D eigenvalue weighted by Gasteiger charge is 2.25. The summed E-state index contributed by atoms with van der Waals surface area (Å²) in [5, 5.41) is 0. The molecule has 1 aliphatic rings. The lowest BCUT2D eigenvalue weighted by molar-refractivity contribution is 0.160. The highest BCUT2D eigenvalue weighted by atomic mass is 32.1. The molecule has 0 aromatic carbocycles. The molecule has 0 radical (unpaired) electrons. The van der Waals surface area contributed by atoms with E-state index in [0.717, 1.165) is 39.3 Å². The van der Waals surface area contributed by atoms with E-state index < -0.39 is 0 Å². The minimum atomic E-state index is 0.523. The Hall–Kier alpha value is -1.24. The maximum Gasteiger partial charge on any atom is 0.0951 e. The molecule has 5 nitrogen and oxygen atoms in total. The second kappa shape index (κ2) is 7.55. The lowest BCUT2D eigenvalue weighted by Gasteiger charge is -2.35. The standard InChI is InChI=1S/C17H27N5S/c1-4-20(5-2)7-6-15-9-21(10-16-8-18-12-22(15)16)11-17-14(3)19-13-23-17/h8,12-13,15H,4-7,9-11H2,1-3H3/t15-/m1/s1. The van der Waals surface area contributed by atoms with Gasteiger partial charge in [-0.15, -0.1) is 11.3 Å². The molecule has 0 aliphatic carbocycles. The van der Waals surface area contributed by atoms with Gasteiger partial charge in [-0.2, -0.15) is 0 Å². The number of rotatable bonds is 7. The van der Waals surface area contributed by atoms with Crippen LogP contribution in [0.5, 0.6) is 0 Å². The quantitative estimate of drug-likeness (QED) is 0.781. The van der Waals surface area contributed by atoms with E-state index in [-0.39, 0.29) is 0 Å². The van der Waals surface area contributed by atoms with Crippen molar-refractivity contribution >= 4 is 11.3 Å². The molecular weight excluding hydrogens is 306 g/mol. The number of hydrogen-bond donors (Lipinski definition) is 0. The maximum absolute atomic E-state index is 4.38. The third-order valence-corrected chi connectivity index (χ3v) is 5.80. The lowest BCUT2D eigenvalue weighted by atomic mass is 10.1. The van der Waals surface area contributed by atoms with Crippen LogP contribution < -0.4 is 0 Å². The Kier molecular flexibility index (Phi) is 5.46. The van der Waals surface area contributed by atoms with E-state index in [4.69, 9.17) is 0 Å². The number of aromatic nitrogens is 3. The molecule has 3 heterocycles. The van der Waals surface area contributed by atoms with Crippen LogP contribution in [0.4, 0.5) is 0 Å². The van der Waals surface area contributed by atoms with Gasteiger partial charge in [-0.05, 0) is 26.4 Å². The van der Waals surface area contributed by atoms with Crippen LogP contribution >= 0.6 is 11.3 Å². The summed E-state index contributed by atoms with van der Waals surface area (Å²) >= 11 is 1.77. The van der Waals surface area contributed by atoms with Crippen molar-refractivity contribution in [3.63, 3.8) is 0 Å². The monoisotopic (exact) mass is 333 g/mol. The van der Waals surface area contributed by atoms with Gasteiger partial charge in [-0.3, -0.25) is 4.90 Å². The predicted molar refractivity (Wildman–Crippen MR) is 94.6 cm³/mol. The second-order valence-corrected chi connectivity index (χ2v) is 7.23. The lowest BCUT2D eigenvalue weighted by Crippen LogP contribution is -2.38. The van der Waals surface area contributed by atoms with E-state index >= 15 is 0 Å². The average molecular weight is 334 g/mol. The largest absolute Gasteiger partial charge is 0.329 e. The van der Waals surface area contributed by atoms with Gasteiger partial charge in [0, 0.05) is 43.3 Å². The molecule has 0 amide bonds. The smallest absolute Gasteiger partial charge is 0.0951 e. The number of fused-ring (bicyclic) bond motifs is 1. The Morgan fingerprint density at radius 2 is 2.17 bits per heavy atom. The molecule has 0 fully saturated rings. The highest BCUT2D eigenvalue weighted by Crippen LogP contribution is 2.26. The van der Waals surface area contributed by atoms with E-state index in [1.54, 1.807) is 11.3 Å². The van der Waals surface area contributed by atoms with Gasteiger partial charge in [0.25, 0.3) is 0 Å². The summed E-state index contributed by atoms with van der Waals surface area (Å²) in [5.41, 5.74) is 4.47. The molecule has 0 saturated carbocycles. The van der Waals surface area contributed by atoms with Gasteiger partial charge in [0.1, 0.15) is 0 Å². The molecule has 0 bridgehead atoms. The molecule has 23 heavy (non-hydrogen) atoms. The van der Waals surface area contributed by atoms with Gasteiger partial charge in [0.2, 0.25) is 0 Å². The molecule has 1 aliphatic heterocycles. The van der Waals surface area contributed by atoms with Gasteiger partial charge in [-0.25, -0.2) is 9.97 Å². The third kappa shape index (κ3) is 3.82. The molecule has 1 atom stereocenters. The molecule has 2 aromatic heterocycles. The van der Waals surface area contributed by atoms with Crippen LogP contribution in [0.25, 0.3) is 0 Å². The van der Waals surface area contributed by atoms with E-state index in [1.807, 2.05) is 18.0 Å². The summed E-state index contributed by atoms with van der Waals surface area (Å²) in [5.74, 6) is 0. The number of hydrogen-bond acceptors (Lipinski definition) is 5. The van der Waals surface area contributed by atoms with E-state index in [9.17, 15) is 0 Å². The first kappa shape index (κ1) is 16.6. The molecule has 0 unspecified atom stereocenters. The number of aryl methyl sites for hydroxylation is 1. The normalized spacial score (nSPS) is 18.5. The SMILES string of the molecule is CCN(CC)CC[C@@H]1CN(Cc2scnc2C)Cc2cncn21. The third-order valence-electron chi connectivity index (χ3n) is 4.88. The van der Waals surface area contributed by atoms with Crippen LogP contribution in [0, 0.1) is 6.92 Å². The minimum absolute atomic E-state index is 0.523. The van der Waals surface area contributed by atoms with Gasteiger partial charge < -0.3 is 9.47 Å². The first-order valence-corrected chi connectivity index (χ1v) is 9.43. The van der Waals surface area contributed by atoms with Crippen LogP contribution in [0.15, 0.2) is 18.0 Å². The fraction of sp³-hybridized carbons (Fsp3) is 0.647. The van der Waals surface area contributed by atoms with Crippen LogP contribution in [0.2, 0.25) is 0 Å². The second-order valence-electron chi connectivity index (χ2n) is 6.29. The fourth-order valence-corrected chi connectivity index (χ4v) is 4.18. The average Bonchev–Trinajstić information content (AvgIpc) is 3.18. The van der Waals surface area contributed by atoms with Gasteiger partial charge in [-0.1, -0.05) is 13.8 Å². The Bertz CT molecular complexity index is 616. The van der Waals surface area contributed by atoms with Crippen molar-refractivity contribution in [3.8, 4) is 0 Å². The van der Waals surface area contributed by atoms with Gasteiger partial charge >= 0.3 is 0 Å². The van der Waals surface area contributed by atoms with Gasteiger partial charge in [0.15, 0.2) is 0 Å². The van der Waals surface area contributed by atoms with Crippen molar-refractivity contribution in [2.75, 3.05) is 26.2 Å². The van der Waals surface area contributed by atoms with Crippen molar-refractivity contribution in [3.05, 3.63) is 34.3 Å². The van der Waals surface area contributed by atoms with E-state index in [1.165, 1.54) is 22.7 Å². The molecular formula is C17H27N5S. The molecule has 126 valence electrons. The summed E-state index contributed by atoms with van der Waals surface area (Å²) in [6, 6.07) is 0.523. The fourth-order valence-electron chi connectivity index (χ4n) is 3.37. The van der Waals surface area contributed by atoms with Crippen molar-refractivity contribution < 1.29 is 0 Å². The van der Waals surface area contributed by atoms with Crippen molar-refractivity contribution in [1.29, 1.82) is 0 Å². The van der Waals surface area contributed by atoms with Gasteiger partial charge in [0.05, 0.1) is 23.2 Å². The summed E-state index contributed by atoms with van der Waals surface area (Å²) in [7, 11) is 0. The first-order chi connectivity index (χ1) is 11.2. The summed E-state index contributed by atoms with van der Waals surface area (Å²) < 4.78 is 2.39. The number of nitrogens with zero attached hydrogens (tertiary/aromatic N) is 5. The summed E-state index contributed by atoms with van der Waals surface area (Å²) in [6.45, 7) is 13.1. The zero-order valence-electron chi connectivity index (χ0n) is 14.4. The first-order valence-electron chi connectivity index (χ1n) is 8.55. The van der Waals surface area contributed by atoms with Crippen molar-refractivity contribution in [2.45, 2.75) is 46.3 Å². The Morgan fingerprint density at radius 1 is 1.35 bits per heavy atom. The highest BCUT2D eigenvalue weighted by molar-refractivity contribution is 7.09. The van der Waals surface area contributed by atoms with Crippen LogP contribution in [-0.2, 0) is 13.1 Å². The van der Waals surface area contributed by atoms with Crippen LogP contribution in [-0.4, -0.2) is 50.5 Å². The van der Waals surface area contributed by atoms with Crippen molar-refractivity contribution in [2.24, 2.45) is 0 Å². The van der Waals surface area contributed by atoms with E-state index in [0.29, 0.717) is 6.04 Å². The summed E-state index contributed by atoms with van der Waals surface area (Å²) in [6.07, 6.45) is 5.22. The Labute approximate surface area is 143 Å². The minimum Gasteiger partial charge on any atom is -0.329 e. The Morgan fingerprint density at radius 3 is 2.87 bits per heavy atom. The van der Waals surface area contributed by atoms with Crippen molar-refractivity contribution in [1.82, 2.24) is 24.3 Å². The zero-order valence-corrected chi connectivity index (χ0v) is 15.2. The topological polar surface area (TPSA) is 37.2 Å².